The molecule has 0 atom stereocenters. The maximum atomic E-state index is 12.7. The number of nitrogens with two attached hydrogens (primary N) is 1. The zero-order chi connectivity index (χ0) is 27.2. The molecule has 0 bridgehead atoms. The van der Waals surface area contributed by atoms with E-state index in [2.05, 4.69) is 4.74 Å². The number of primary sulfonamides is 1. The molecule has 0 fully saturated rings. The van der Waals surface area contributed by atoms with Gasteiger partial charge in [-0.1, -0.05) is 18.2 Å². The predicted octanol–water partition coefficient (Wildman–Crippen LogP) is 3.58. The van der Waals surface area contributed by atoms with Crippen molar-refractivity contribution in [2.45, 2.75) is 36.9 Å². The number of ether oxygens (including phenoxy) is 3. The Balaban J connectivity index is 1.57. The van der Waals surface area contributed by atoms with Gasteiger partial charge in [0.25, 0.3) is 0 Å². The van der Waals surface area contributed by atoms with Gasteiger partial charge < -0.3 is 24.2 Å². The van der Waals surface area contributed by atoms with Crippen LogP contribution >= 0.6 is 0 Å². The van der Waals surface area contributed by atoms with Crippen LogP contribution in [0.5, 0.6) is 17.2 Å². The Morgan fingerprint density at radius 1 is 1.08 bits per heavy atom. The second-order valence-corrected chi connectivity index (χ2v) is 9.63. The van der Waals surface area contributed by atoms with Crippen molar-refractivity contribution in [2.75, 3.05) is 26.3 Å². The van der Waals surface area contributed by atoms with Crippen LogP contribution in [0.3, 0.4) is 0 Å². The molecule has 2 aromatic carbocycles. The molecule has 0 spiro atoms. The molecule has 3 rings (SSSR count). The van der Waals surface area contributed by atoms with Gasteiger partial charge in [0.05, 0.1) is 0 Å². The second kappa shape index (κ2) is 11.7. The van der Waals surface area contributed by atoms with Gasteiger partial charge in [0.2, 0.25) is 10.0 Å². The van der Waals surface area contributed by atoms with E-state index in [0.717, 1.165) is 17.0 Å². The summed E-state index contributed by atoms with van der Waals surface area (Å²) in [6, 6.07) is 7.96. The molecule has 10 nitrogen and oxygen atoms in total. The summed E-state index contributed by atoms with van der Waals surface area (Å²) in [5.74, 6) is -0.760. The molecule has 1 aliphatic rings. The van der Waals surface area contributed by atoms with Crippen LogP contribution in [0.4, 0.5) is 18.0 Å². The second-order valence-electron chi connectivity index (χ2n) is 8.10. The number of hydrogen-bond donors (Lipinski definition) is 2. The van der Waals surface area contributed by atoms with Crippen LogP contribution < -0.4 is 19.3 Å². The third kappa shape index (κ3) is 7.98. The van der Waals surface area contributed by atoms with Crippen LogP contribution in [0.1, 0.15) is 35.2 Å². The number of amides is 1. The molecule has 2 aromatic rings. The van der Waals surface area contributed by atoms with E-state index in [9.17, 15) is 36.3 Å². The summed E-state index contributed by atoms with van der Waals surface area (Å²) in [6.45, 7) is 0.256. The van der Waals surface area contributed by atoms with E-state index in [0.29, 0.717) is 0 Å². The summed E-state index contributed by atoms with van der Waals surface area (Å²) >= 11 is 0. The van der Waals surface area contributed by atoms with Crippen molar-refractivity contribution >= 4 is 21.9 Å². The standard InChI is InChI=1S/C23H25F3N2O8S/c24-23(25,26)36-18-7-2-1-5-15(18)8-10-28(22(30)31)9-4-3-6-17(29)16-13-19-21(35-12-11-34-19)20(14-16)37(27,32)33/h1-2,5,7,13-14H,3-4,6,8-12H2,(H,30,31)(H2,27,32,33). The first-order chi connectivity index (χ1) is 17.3. The van der Waals surface area contributed by atoms with E-state index >= 15 is 0 Å². The van der Waals surface area contributed by atoms with Gasteiger partial charge in [-0.15, -0.1) is 13.2 Å². The van der Waals surface area contributed by atoms with Crippen molar-refractivity contribution in [1.29, 1.82) is 0 Å². The first-order valence-electron chi connectivity index (χ1n) is 11.2. The number of rotatable bonds is 11. The summed E-state index contributed by atoms with van der Waals surface area (Å²) < 4.78 is 76.4. The van der Waals surface area contributed by atoms with E-state index in [4.69, 9.17) is 14.6 Å². The molecule has 0 aliphatic carbocycles. The number of halogens is 3. The Morgan fingerprint density at radius 2 is 1.78 bits per heavy atom. The fourth-order valence-electron chi connectivity index (χ4n) is 3.72. The molecule has 202 valence electrons. The molecule has 1 aliphatic heterocycles. The maximum absolute atomic E-state index is 12.7. The number of carbonyl (C=O) groups excluding carboxylic acids is 1. The molecule has 37 heavy (non-hydrogen) atoms. The zero-order valence-electron chi connectivity index (χ0n) is 19.5. The van der Waals surface area contributed by atoms with Gasteiger partial charge in [-0.25, -0.2) is 18.4 Å². The number of sulfonamides is 1. The molecule has 0 aromatic heterocycles. The third-order valence-electron chi connectivity index (χ3n) is 5.44. The number of carboxylic acid groups (broad SMARTS) is 1. The lowest BCUT2D eigenvalue weighted by Gasteiger charge is -2.21. The minimum absolute atomic E-state index is 0.00891. The van der Waals surface area contributed by atoms with Gasteiger partial charge in [-0.05, 0) is 43.0 Å². The highest BCUT2D eigenvalue weighted by Gasteiger charge is 2.32. The smallest absolute Gasteiger partial charge is 0.486 e. The minimum atomic E-state index is -4.87. The predicted molar refractivity (Wildman–Crippen MR) is 123 cm³/mol. The lowest BCUT2D eigenvalue weighted by Crippen LogP contribution is -2.32. The Hall–Kier alpha value is -3.52. The van der Waals surface area contributed by atoms with E-state index in [1.54, 1.807) is 0 Å². The van der Waals surface area contributed by atoms with Crippen LogP contribution in [0.25, 0.3) is 0 Å². The third-order valence-corrected chi connectivity index (χ3v) is 6.35. The topological polar surface area (TPSA) is 145 Å². The van der Waals surface area contributed by atoms with Crippen LogP contribution in [0.15, 0.2) is 41.3 Å². The molecule has 0 saturated heterocycles. The Bertz CT molecular complexity index is 1250. The van der Waals surface area contributed by atoms with Gasteiger partial charge in [-0.2, -0.15) is 0 Å². The normalized spacial score (nSPS) is 13.2. The number of hydrogen-bond acceptors (Lipinski definition) is 7. The molecule has 0 radical (unpaired) electrons. The summed E-state index contributed by atoms with van der Waals surface area (Å²) in [7, 11) is -4.19. The van der Waals surface area contributed by atoms with Gasteiger partial charge in [-0.3, -0.25) is 4.79 Å². The number of carbonyl (C=O) groups is 2. The van der Waals surface area contributed by atoms with Crippen molar-refractivity contribution in [3.63, 3.8) is 0 Å². The number of para-hydroxylation sites is 1. The molecule has 14 heteroatoms. The van der Waals surface area contributed by atoms with Crippen molar-refractivity contribution in [2.24, 2.45) is 5.14 Å². The maximum Gasteiger partial charge on any atom is 0.573 e. The van der Waals surface area contributed by atoms with E-state index in [1.807, 2.05) is 0 Å². The molecule has 1 amide bonds. The average molecular weight is 547 g/mol. The van der Waals surface area contributed by atoms with Crippen LogP contribution in [-0.4, -0.2) is 63.0 Å². The molecular weight excluding hydrogens is 521 g/mol. The van der Waals surface area contributed by atoms with Gasteiger partial charge >= 0.3 is 12.5 Å². The Labute approximate surface area is 210 Å². The van der Waals surface area contributed by atoms with Crippen molar-refractivity contribution in [1.82, 2.24) is 4.90 Å². The highest BCUT2D eigenvalue weighted by Crippen LogP contribution is 2.37. The first kappa shape index (κ1) is 28.1. The number of Topliss-reactive ketones (excluding diaryl/α,β-unsaturated/α-hetero) is 1. The van der Waals surface area contributed by atoms with Gasteiger partial charge in [0.1, 0.15) is 23.9 Å². The number of nitrogens with zero attached hydrogens (tertiary/aromatic N) is 1. The van der Waals surface area contributed by atoms with Crippen molar-refractivity contribution < 1.29 is 50.5 Å². The number of benzene rings is 2. The number of unbranched alkanes of at least 4 members (excludes halogenated alkanes) is 1. The average Bonchev–Trinajstić information content (AvgIpc) is 2.81. The van der Waals surface area contributed by atoms with E-state index in [1.165, 1.54) is 24.3 Å². The quantitative estimate of drug-likeness (QED) is 0.321. The van der Waals surface area contributed by atoms with E-state index in [-0.39, 0.29) is 79.5 Å². The minimum Gasteiger partial charge on any atom is -0.486 e. The summed E-state index contributed by atoms with van der Waals surface area (Å²) in [5, 5.41) is 14.7. The summed E-state index contributed by atoms with van der Waals surface area (Å²) in [5.41, 5.74) is 0.259. The van der Waals surface area contributed by atoms with Crippen molar-refractivity contribution in [3.05, 3.63) is 47.5 Å². The zero-order valence-corrected chi connectivity index (χ0v) is 20.3. The monoisotopic (exact) mass is 546 g/mol. The Morgan fingerprint density at radius 3 is 2.46 bits per heavy atom. The summed E-state index contributed by atoms with van der Waals surface area (Å²) in [4.78, 5) is 25.0. The summed E-state index contributed by atoms with van der Waals surface area (Å²) in [6.07, 6.45) is -5.60. The number of alkyl halides is 3. The molecular formula is C23H25F3N2O8S. The fraction of sp³-hybridized carbons (Fsp3) is 0.391. The number of fused-ring (bicyclic) bond motifs is 1. The lowest BCUT2D eigenvalue weighted by atomic mass is 10.0. The van der Waals surface area contributed by atoms with Crippen LogP contribution in [0, 0.1) is 0 Å². The molecule has 1 heterocycles. The van der Waals surface area contributed by atoms with Gasteiger partial charge in [0, 0.05) is 25.1 Å². The Kier molecular flexibility index (Phi) is 8.86. The molecule has 0 unspecified atom stereocenters. The SMILES string of the molecule is NS(=O)(=O)c1cc(C(=O)CCCCN(CCc2ccccc2OC(F)(F)F)C(=O)O)cc2c1OCCO2. The van der Waals surface area contributed by atoms with E-state index < -0.39 is 34.0 Å². The lowest BCUT2D eigenvalue weighted by molar-refractivity contribution is -0.274. The molecule has 0 saturated carbocycles. The largest absolute Gasteiger partial charge is 0.573 e. The van der Waals surface area contributed by atoms with Crippen LogP contribution in [0.2, 0.25) is 0 Å². The van der Waals surface area contributed by atoms with Crippen molar-refractivity contribution in [3.8, 4) is 17.2 Å². The first-order valence-corrected chi connectivity index (χ1v) is 12.7. The highest BCUT2D eigenvalue weighted by molar-refractivity contribution is 7.89. The molecule has 3 N–H and O–H groups in total. The van der Waals surface area contributed by atoms with Gasteiger partial charge in [0.15, 0.2) is 17.3 Å². The van der Waals surface area contributed by atoms with Crippen LogP contribution in [-0.2, 0) is 16.4 Å². The fourth-order valence-corrected chi connectivity index (χ4v) is 4.43. The highest BCUT2D eigenvalue weighted by atomic mass is 32.2. The number of ketones is 1.